The Morgan fingerprint density at radius 1 is 0.968 bits per heavy atom. The molecule has 0 atom stereocenters. The summed E-state index contributed by atoms with van der Waals surface area (Å²) in [6.45, 7) is 5.10. The van der Waals surface area contributed by atoms with Crippen LogP contribution in [0.3, 0.4) is 0 Å². The number of H-pyrrole nitrogens is 1. The lowest BCUT2D eigenvalue weighted by atomic mass is 10.1. The largest absolute Gasteiger partial charge is 0.496 e. The van der Waals surface area contributed by atoms with E-state index < -0.39 is 0 Å². The van der Waals surface area contributed by atoms with Gasteiger partial charge < -0.3 is 29.4 Å². The Bertz CT molecular complexity index is 1100. The number of aromatic nitrogens is 1. The minimum Gasteiger partial charge on any atom is -0.496 e. The number of nitrogens with zero attached hydrogens (tertiary/aromatic N) is 1. The van der Waals surface area contributed by atoms with Gasteiger partial charge in [0, 0.05) is 35.8 Å². The second kappa shape index (κ2) is 9.42. The molecule has 2 N–H and O–H groups in total. The molecular formula is C23H27N3O5. The lowest BCUT2D eigenvalue weighted by Crippen LogP contribution is -2.30. The molecule has 0 radical (unpaired) electrons. The molecule has 3 aromatic rings. The first-order valence-corrected chi connectivity index (χ1v) is 9.99. The quantitative estimate of drug-likeness (QED) is 0.570. The van der Waals surface area contributed by atoms with E-state index in [9.17, 15) is 9.59 Å². The number of nitrogens with one attached hydrogen (secondary N) is 2. The number of ether oxygens (including phenoxy) is 3. The number of amides is 2. The summed E-state index contributed by atoms with van der Waals surface area (Å²) in [6, 6.07) is 10.3. The van der Waals surface area contributed by atoms with E-state index in [0.29, 0.717) is 58.2 Å². The van der Waals surface area contributed by atoms with E-state index in [4.69, 9.17) is 14.2 Å². The third kappa shape index (κ3) is 4.28. The van der Waals surface area contributed by atoms with Gasteiger partial charge in [-0.15, -0.1) is 0 Å². The Morgan fingerprint density at radius 2 is 1.68 bits per heavy atom. The third-order valence-electron chi connectivity index (χ3n) is 5.10. The molecule has 0 fully saturated rings. The van der Waals surface area contributed by atoms with E-state index in [-0.39, 0.29) is 11.8 Å². The molecule has 0 aliphatic carbocycles. The maximum Gasteiger partial charge on any atom is 0.272 e. The second-order valence-electron chi connectivity index (χ2n) is 6.80. The fourth-order valence-electron chi connectivity index (χ4n) is 3.48. The zero-order chi connectivity index (χ0) is 22.5. The molecule has 8 heteroatoms. The van der Waals surface area contributed by atoms with Crippen molar-refractivity contribution >= 4 is 28.4 Å². The minimum atomic E-state index is -0.355. The predicted molar refractivity (Wildman–Crippen MR) is 120 cm³/mol. The summed E-state index contributed by atoms with van der Waals surface area (Å²) in [5.74, 6) is 1.09. The second-order valence-corrected chi connectivity index (χ2v) is 6.80. The van der Waals surface area contributed by atoms with Crippen LogP contribution in [-0.2, 0) is 0 Å². The topological polar surface area (TPSA) is 92.9 Å². The summed E-state index contributed by atoms with van der Waals surface area (Å²) in [5.41, 5.74) is 1.96. The van der Waals surface area contributed by atoms with Gasteiger partial charge in [0.15, 0.2) is 11.5 Å². The van der Waals surface area contributed by atoms with Crippen LogP contribution >= 0.6 is 0 Å². The summed E-state index contributed by atoms with van der Waals surface area (Å²) >= 11 is 0. The van der Waals surface area contributed by atoms with Crippen LogP contribution in [0.25, 0.3) is 10.9 Å². The van der Waals surface area contributed by atoms with Crippen molar-refractivity contribution in [2.75, 3.05) is 39.7 Å². The number of carbonyl (C=O) groups excluding carboxylic acids is 2. The van der Waals surface area contributed by atoms with E-state index in [1.165, 1.54) is 14.2 Å². The van der Waals surface area contributed by atoms with Gasteiger partial charge in [0.25, 0.3) is 11.8 Å². The molecule has 0 bridgehead atoms. The molecule has 164 valence electrons. The van der Waals surface area contributed by atoms with Gasteiger partial charge in [-0.05, 0) is 38.1 Å². The molecule has 2 amide bonds. The highest BCUT2D eigenvalue weighted by atomic mass is 16.5. The van der Waals surface area contributed by atoms with Crippen molar-refractivity contribution in [1.82, 2.24) is 9.88 Å². The Labute approximate surface area is 181 Å². The van der Waals surface area contributed by atoms with Gasteiger partial charge in [-0.25, -0.2) is 0 Å². The normalized spacial score (nSPS) is 10.6. The standard InChI is InChI=1S/C23H27N3O5/c1-6-26(7-2)23(28)14-9-8-10-15(11-14)24-22(27)17-12-16-18(29-3)13-19(30-4)21(31-5)20(16)25-17/h8-13,25H,6-7H2,1-5H3,(H,24,27). The Kier molecular flexibility index (Phi) is 6.69. The van der Waals surface area contributed by atoms with E-state index in [2.05, 4.69) is 10.3 Å². The summed E-state index contributed by atoms with van der Waals surface area (Å²) in [4.78, 5) is 30.3. The first-order chi connectivity index (χ1) is 15.0. The van der Waals surface area contributed by atoms with Crippen LogP contribution in [0.1, 0.15) is 34.7 Å². The van der Waals surface area contributed by atoms with Crippen LogP contribution in [0.4, 0.5) is 5.69 Å². The van der Waals surface area contributed by atoms with Gasteiger partial charge in [-0.2, -0.15) is 0 Å². The molecule has 31 heavy (non-hydrogen) atoms. The first kappa shape index (κ1) is 22.0. The SMILES string of the molecule is CCN(CC)C(=O)c1cccc(NC(=O)c2cc3c(OC)cc(OC)c(OC)c3[nH]2)c1. The first-order valence-electron chi connectivity index (χ1n) is 9.99. The molecule has 0 aliphatic heterocycles. The minimum absolute atomic E-state index is 0.0757. The van der Waals surface area contributed by atoms with Gasteiger partial charge in [-0.3, -0.25) is 9.59 Å². The van der Waals surface area contributed by atoms with Crippen molar-refractivity contribution in [3.05, 3.63) is 47.7 Å². The maximum absolute atomic E-state index is 12.9. The third-order valence-corrected chi connectivity index (χ3v) is 5.10. The van der Waals surface area contributed by atoms with Gasteiger partial charge in [-0.1, -0.05) is 6.07 Å². The van der Waals surface area contributed by atoms with Crippen molar-refractivity contribution in [2.45, 2.75) is 13.8 Å². The maximum atomic E-state index is 12.9. The fraction of sp³-hybridized carbons (Fsp3) is 0.304. The van der Waals surface area contributed by atoms with Gasteiger partial charge in [0.2, 0.25) is 0 Å². The number of anilines is 1. The number of hydrogen-bond donors (Lipinski definition) is 2. The number of hydrogen-bond acceptors (Lipinski definition) is 5. The fourth-order valence-corrected chi connectivity index (χ4v) is 3.48. The zero-order valence-electron chi connectivity index (χ0n) is 18.4. The van der Waals surface area contributed by atoms with Crippen molar-refractivity contribution < 1.29 is 23.8 Å². The van der Waals surface area contributed by atoms with Crippen LogP contribution in [0.15, 0.2) is 36.4 Å². The molecule has 0 aliphatic rings. The zero-order valence-corrected chi connectivity index (χ0v) is 18.4. The van der Waals surface area contributed by atoms with Crippen LogP contribution in [0.5, 0.6) is 17.2 Å². The highest BCUT2D eigenvalue weighted by Gasteiger charge is 2.20. The number of benzene rings is 2. The Hall–Kier alpha value is -3.68. The van der Waals surface area contributed by atoms with Crippen molar-refractivity contribution in [1.29, 1.82) is 0 Å². The molecule has 0 spiro atoms. The molecule has 0 unspecified atom stereocenters. The average Bonchev–Trinajstić information content (AvgIpc) is 3.24. The number of carbonyl (C=O) groups is 2. The predicted octanol–water partition coefficient (Wildman–Crippen LogP) is 3.93. The lowest BCUT2D eigenvalue weighted by Gasteiger charge is -2.19. The van der Waals surface area contributed by atoms with Crippen LogP contribution in [-0.4, -0.2) is 56.1 Å². The summed E-state index contributed by atoms with van der Waals surface area (Å²) in [7, 11) is 4.61. The summed E-state index contributed by atoms with van der Waals surface area (Å²) in [6.07, 6.45) is 0. The van der Waals surface area contributed by atoms with Crippen molar-refractivity contribution in [2.24, 2.45) is 0 Å². The van der Waals surface area contributed by atoms with E-state index in [1.54, 1.807) is 48.4 Å². The molecule has 0 saturated carbocycles. The highest BCUT2D eigenvalue weighted by molar-refractivity contribution is 6.08. The average molecular weight is 425 g/mol. The number of methoxy groups -OCH3 is 3. The number of aromatic amines is 1. The smallest absolute Gasteiger partial charge is 0.272 e. The van der Waals surface area contributed by atoms with E-state index in [1.807, 2.05) is 13.8 Å². The molecular weight excluding hydrogens is 398 g/mol. The summed E-state index contributed by atoms with van der Waals surface area (Å²) in [5, 5.41) is 3.53. The van der Waals surface area contributed by atoms with Crippen molar-refractivity contribution in [3.63, 3.8) is 0 Å². The molecule has 0 saturated heterocycles. The van der Waals surface area contributed by atoms with E-state index >= 15 is 0 Å². The monoisotopic (exact) mass is 425 g/mol. The molecule has 1 aromatic heterocycles. The van der Waals surface area contributed by atoms with Gasteiger partial charge in [0.1, 0.15) is 11.4 Å². The number of fused-ring (bicyclic) bond motifs is 1. The molecule has 2 aromatic carbocycles. The van der Waals surface area contributed by atoms with Gasteiger partial charge in [0.05, 0.1) is 26.8 Å². The molecule has 1 heterocycles. The van der Waals surface area contributed by atoms with Crippen LogP contribution in [0.2, 0.25) is 0 Å². The Morgan fingerprint density at radius 3 is 2.29 bits per heavy atom. The van der Waals surface area contributed by atoms with Gasteiger partial charge >= 0.3 is 0 Å². The molecule has 8 nitrogen and oxygen atoms in total. The number of rotatable bonds is 8. The molecule has 3 rings (SSSR count). The lowest BCUT2D eigenvalue weighted by molar-refractivity contribution is 0.0772. The summed E-state index contributed by atoms with van der Waals surface area (Å²) < 4.78 is 16.3. The van der Waals surface area contributed by atoms with Crippen LogP contribution in [0, 0.1) is 0 Å². The van der Waals surface area contributed by atoms with Crippen molar-refractivity contribution in [3.8, 4) is 17.2 Å². The van der Waals surface area contributed by atoms with E-state index in [0.717, 1.165) is 0 Å². The highest BCUT2D eigenvalue weighted by Crippen LogP contribution is 2.41. The van der Waals surface area contributed by atoms with Crippen LogP contribution < -0.4 is 19.5 Å². The Balaban J connectivity index is 1.92.